The van der Waals surface area contributed by atoms with E-state index in [2.05, 4.69) is 20.0 Å². The van der Waals surface area contributed by atoms with Crippen molar-refractivity contribution < 1.29 is 19.4 Å². The number of methoxy groups -OCH3 is 1. The molecular weight excluding hydrogens is 400 g/mol. The predicted octanol–water partition coefficient (Wildman–Crippen LogP) is 1.65. The fourth-order valence-corrected chi connectivity index (χ4v) is 4.82. The Morgan fingerprint density at radius 1 is 1.43 bits per heavy atom. The van der Waals surface area contributed by atoms with Gasteiger partial charge in [-0.2, -0.15) is 0 Å². The number of aromatic hydroxyl groups is 1. The van der Waals surface area contributed by atoms with Crippen LogP contribution in [0.15, 0.2) is 23.2 Å². The number of nitrogens with one attached hydrogen (secondary N) is 1. The second-order valence-electron chi connectivity index (χ2n) is 6.35. The molecule has 0 spiro atoms. The van der Waals surface area contributed by atoms with Crippen LogP contribution in [0.1, 0.15) is 24.3 Å². The maximum atomic E-state index is 12.3. The largest absolute Gasteiger partial charge is 0.508 e. The summed E-state index contributed by atoms with van der Waals surface area (Å²) in [6.07, 6.45) is 1.98. The normalized spacial score (nSPS) is 17.4. The molecule has 1 aromatic heterocycles. The van der Waals surface area contributed by atoms with Gasteiger partial charge in [0.2, 0.25) is 5.91 Å². The van der Waals surface area contributed by atoms with Crippen molar-refractivity contribution in [2.24, 2.45) is 10.7 Å². The Kier molecular flexibility index (Phi) is 6.87. The summed E-state index contributed by atoms with van der Waals surface area (Å²) >= 11 is 2.96. The van der Waals surface area contributed by atoms with Crippen molar-refractivity contribution in [1.82, 2.24) is 10.3 Å². The molecule has 2 heterocycles. The number of phenolic OH excluding ortho intramolecular Hbond substituents is 1. The molecule has 10 heteroatoms. The molecule has 1 aliphatic rings. The Labute approximate surface area is 170 Å². The maximum absolute atomic E-state index is 12.3. The van der Waals surface area contributed by atoms with Gasteiger partial charge >= 0.3 is 5.97 Å². The van der Waals surface area contributed by atoms with Gasteiger partial charge in [-0.1, -0.05) is 0 Å². The van der Waals surface area contributed by atoms with E-state index in [1.165, 1.54) is 30.2 Å². The summed E-state index contributed by atoms with van der Waals surface area (Å²) in [5, 5.41) is 14.0. The fraction of sp³-hybridized carbons (Fsp3) is 0.444. The number of nitrogens with two attached hydrogens (primary N) is 1. The zero-order valence-corrected chi connectivity index (χ0v) is 17.0. The highest BCUT2D eigenvalue weighted by Crippen LogP contribution is 2.31. The van der Waals surface area contributed by atoms with Gasteiger partial charge in [0.05, 0.1) is 17.3 Å². The Hall–Kier alpha value is -2.17. The lowest BCUT2D eigenvalue weighted by Gasteiger charge is -2.10. The average Bonchev–Trinajstić information content (AvgIpc) is 3.33. The summed E-state index contributed by atoms with van der Waals surface area (Å²) in [6.45, 7) is 0.513. The highest BCUT2D eigenvalue weighted by atomic mass is 32.2. The molecule has 0 bridgehead atoms. The minimum Gasteiger partial charge on any atom is -0.508 e. The van der Waals surface area contributed by atoms with Crippen LogP contribution in [-0.4, -0.2) is 58.5 Å². The van der Waals surface area contributed by atoms with Crippen LogP contribution in [0, 0.1) is 0 Å². The van der Waals surface area contributed by atoms with Gasteiger partial charge in [0.25, 0.3) is 0 Å². The Morgan fingerprint density at radius 2 is 2.25 bits per heavy atom. The summed E-state index contributed by atoms with van der Waals surface area (Å²) < 4.78 is 5.46. The summed E-state index contributed by atoms with van der Waals surface area (Å²) in [6, 6.07) is 3.99. The summed E-state index contributed by atoms with van der Waals surface area (Å²) in [4.78, 5) is 32.6. The van der Waals surface area contributed by atoms with E-state index < -0.39 is 18.1 Å². The zero-order chi connectivity index (χ0) is 20.1. The molecule has 4 N–H and O–H groups in total. The van der Waals surface area contributed by atoms with Crippen molar-refractivity contribution in [1.29, 1.82) is 0 Å². The third kappa shape index (κ3) is 5.00. The molecule has 0 radical (unpaired) electrons. The quantitative estimate of drug-likeness (QED) is 0.436. The number of amides is 1. The van der Waals surface area contributed by atoms with Crippen LogP contribution in [-0.2, 0) is 14.3 Å². The number of esters is 1. The number of phenols is 1. The molecule has 0 saturated carbocycles. The van der Waals surface area contributed by atoms with Crippen LogP contribution < -0.4 is 11.1 Å². The number of hydrogen-bond acceptors (Lipinski definition) is 9. The third-order valence-electron chi connectivity index (χ3n) is 4.25. The van der Waals surface area contributed by atoms with Crippen LogP contribution in [0.5, 0.6) is 5.75 Å². The van der Waals surface area contributed by atoms with Crippen molar-refractivity contribution in [3.8, 4) is 5.75 Å². The molecule has 1 aliphatic heterocycles. The number of carbonyl (C=O) groups is 2. The van der Waals surface area contributed by atoms with Crippen LogP contribution >= 0.6 is 23.1 Å². The number of rotatable bonds is 8. The number of carbonyl (C=O) groups excluding carboxylic acids is 2. The Balaban J connectivity index is 1.47. The van der Waals surface area contributed by atoms with Crippen LogP contribution in [0.4, 0.5) is 0 Å². The van der Waals surface area contributed by atoms with Crippen LogP contribution in [0.2, 0.25) is 0 Å². The zero-order valence-electron chi connectivity index (χ0n) is 15.4. The second-order valence-corrected chi connectivity index (χ2v) is 8.39. The number of aliphatic imine (C=N–C) groups is 1. The van der Waals surface area contributed by atoms with Gasteiger partial charge in [0, 0.05) is 12.3 Å². The number of unbranched alkanes of at least 4 members (excludes halogenated alkanes) is 1. The van der Waals surface area contributed by atoms with Crippen LogP contribution in [0.25, 0.3) is 10.2 Å². The molecule has 3 rings (SSSR count). The molecule has 2 aromatic rings. The van der Waals surface area contributed by atoms with E-state index in [0.29, 0.717) is 18.7 Å². The number of ether oxygens (including phenoxy) is 1. The monoisotopic (exact) mass is 422 g/mol. The molecule has 0 aliphatic carbocycles. The molecule has 150 valence electrons. The van der Waals surface area contributed by atoms with E-state index in [0.717, 1.165) is 33.1 Å². The minimum atomic E-state index is -0.616. The summed E-state index contributed by atoms with van der Waals surface area (Å²) in [5.41, 5.74) is 6.48. The molecule has 1 amide bonds. The van der Waals surface area contributed by atoms with E-state index in [1.807, 2.05) is 0 Å². The smallest absolute Gasteiger partial charge is 0.322 e. The molecule has 0 saturated heterocycles. The lowest BCUT2D eigenvalue weighted by Crippen LogP contribution is -2.35. The summed E-state index contributed by atoms with van der Waals surface area (Å²) in [7, 11) is 1.31. The lowest BCUT2D eigenvalue weighted by molar-refractivity contribution is -0.142. The van der Waals surface area contributed by atoms with Crippen LogP contribution in [0.3, 0.4) is 0 Å². The number of benzene rings is 1. The van der Waals surface area contributed by atoms with Gasteiger partial charge < -0.3 is 20.9 Å². The van der Waals surface area contributed by atoms with E-state index in [4.69, 9.17) is 5.73 Å². The third-order valence-corrected chi connectivity index (χ3v) is 6.46. The second kappa shape index (κ2) is 9.35. The number of aromatic nitrogens is 1. The first kappa shape index (κ1) is 20.6. The van der Waals surface area contributed by atoms with Gasteiger partial charge in [-0.15, -0.1) is 23.1 Å². The average molecular weight is 423 g/mol. The number of thioether (sulfide) groups is 1. The van der Waals surface area contributed by atoms with Gasteiger partial charge in [0.1, 0.15) is 27.9 Å². The van der Waals surface area contributed by atoms with Gasteiger partial charge in [0.15, 0.2) is 0 Å². The van der Waals surface area contributed by atoms with Crippen molar-refractivity contribution in [3.63, 3.8) is 0 Å². The van der Waals surface area contributed by atoms with Crippen molar-refractivity contribution in [3.05, 3.63) is 23.2 Å². The van der Waals surface area contributed by atoms with E-state index >= 15 is 0 Å². The van der Waals surface area contributed by atoms with E-state index in [9.17, 15) is 14.7 Å². The first-order valence-corrected chi connectivity index (χ1v) is 10.7. The Morgan fingerprint density at radius 3 is 3.04 bits per heavy atom. The number of thiazole rings is 1. The van der Waals surface area contributed by atoms with Gasteiger partial charge in [-0.3, -0.25) is 14.6 Å². The number of fused-ring (bicyclic) bond motifs is 1. The first-order valence-electron chi connectivity index (χ1n) is 8.89. The Bertz CT molecular complexity index is 899. The lowest BCUT2D eigenvalue weighted by atomic mass is 10.1. The predicted molar refractivity (Wildman–Crippen MR) is 111 cm³/mol. The topological polar surface area (TPSA) is 127 Å². The molecule has 1 aromatic carbocycles. The SMILES string of the molecule is COC(=O)C(N)CCCCNC(=O)C1CSC(c2nc3ccc(O)cc3s2)=N1. The number of nitrogens with zero attached hydrogens (tertiary/aromatic N) is 2. The van der Waals surface area contributed by atoms with Crippen molar-refractivity contribution in [2.45, 2.75) is 31.3 Å². The highest BCUT2D eigenvalue weighted by molar-refractivity contribution is 8.15. The fourth-order valence-electron chi connectivity index (χ4n) is 2.72. The van der Waals surface area contributed by atoms with Crippen molar-refractivity contribution in [2.75, 3.05) is 19.4 Å². The standard InChI is InChI=1S/C18H22N4O4S2/c1-26-18(25)11(19)4-2-3-7-20-15(24)13-9-27-16(22-13)17-21-12-6-5-10(23)8-14(12)28-17/h5-6,8,11,13,23H,2-4,7,9,19H2,1H3,(H,20,24). The van der Waals surface area contributed by atoms with Gasteiger partial charge in [-0.25, -0.2) is 4.98 Å². The van der Waals surface area contributed by atoms with E-state index in [-0.39, 0.29) is 11.7 Å². The molecule has 2 atom stereocenters. The van der Waals surface area contributed by atoms with Gasteiger partial charge in [-0.05, 0) is 37.5 Å². The highest BCUT2D eigenvalue weighted by Gasteiger charge is 2.27. The van der Waals surface area contributed by atoms with Crippen molar-refractivity contribution >= 4 is 50.2 Å². The molecular formula is C18H22N4O4S2. The van der Waals surface area contributed by atoms with E-state index in [1.54, 1.807) is 18.2 Å². The number of hydrogen-bond donors (Lipinski definition) is 3. The minimum absolute atomic E-state index is 0.112. The first-order chi connectivity index (χ1) is 13.5. The summed E-state index contributed by atoms with van der Waals surface area (Å²) in [5.74, 6) is 0.251. The molecule has 0 fully saturated rings. The molecule has 8 nitrogen and oxygen atoms in total. The maximum Gasteiger partial charge on any atom is 0.322 e. The molecule has 28 heavy (non-hydrogen) atoms. The molecule has 2 unspecified atom stereocenters.